The van der Waals surface area contributed by atoms with Gasteiger partial charge in [0.1, 0.15) is 0 Å². The minimum absolute atomic E-state index is 0.104. The van der Waals surface area contributed by atoms with Crippen molar-refractivity contribution in [1.29, 1.82) is 0 Å². The lowest BCUT2D eigenvalue weighted by atomic mass is 10.4. The summed E-state index contributed by atoms with van der Waals surface area (Å²) >= 11 is 0. The van der Waals surface area contributed by atoms with Gasteiger partial charge in [0, 0.05) is 17.2 Å². The summed E-state index contributed by atoms with van der Waals surface area (Å²) in [6.45, 7) is 26.8. The summed E-state index contributed by atoms with van der Waals surface area (Å²) in [5, 5.41) is 0. The van der Waals surface area contributed by atoms with Crippen molar-refractivity contribution in [2.45, 2.75) is 104 Å². The molecule has 0 bridgehead atoms. The summed E-state index contributed by atoms with van der Waals surface area (Å²) in [5.41, 5.74) is 0.209. The molecule has 28 heavy (non-hydrogen) atoms. The molecule has 0 aliphatic carbocycles. The molecule has 0 atom stereocenters. The molecule has 0 amide bonds. The zero-order chi connectivity index (χ0) is 22.4. The van der Waals surface area contributed by atoms with Crippen molar-refractivity contribution in [3.05, 3.63) is 12.7 Å². The van der Waals surface area contributed by atoms with E-state index in [9.17, 15) is 4.79 Å². The predicted octanol–water partition coefficient (Wildman–Crippen LogP) is 6.44. The molecule has 0 aromatic carbocycles. The van der Waals surface area contributed by atoms with Crippen LogP contribution in [-0.4, -0.2) is 40.0 Å². The maximum atomic E-state index is 12.1. The second-order valence-electron chi connectivity index (χ2n) is 9.63. The highest BCUT2D eigenvalue weighted by Gasteiger charge is 2.53. The van der Waals surface area contributed by atoms with Crippen molar-refractivity contribution in [1.82, 2.24) is 0 Å². The molecule has 0 saturated heterocycles. The Kier molecular flexibility index (Phi) is 10.8. The number of hydrogen-bond acceptors (Lipinski definition) is 5. The van der Waals surface area contributed by atoms with Crippen molar-refractivity contribution in [2.75, 3.05) is 0 Å². The first-order valence-corrected chi connectivity index (χ1v) is 21.2. The molecule has 9 heteroatoms. The molecule has 0 aliphatic heterocycles. The van der Waals surface area contributed by atoms with Gasteiger partial charge in [-0.1, -0.05) is 54.0 Å². The van der Waals surface area contributed by atoms with Crippen LogP contribution in [0.25, 0.3) is 0 Å². The highest BCUT2D eigenvalue weighted by Crippen LogP contribution is 2.38. The van der Waals surface area contributed by atoms with Gasteiger partial charge in [-0.05, 0) is 45.3 Å². The number of hydrogen-bond donors (Lipinski definition) is 0. The van der Waals surface area contributed by atoms with E-state index in [1.807, 2.05) is 13.1 Å². The van der Waals surface area contributed by atoms with E-state index in [-0.39, 0.29) is 11.1 Å². The first-order chi connectivity index (χ1) is 12.5. The summed E-state index contributed by atoms with van der Waals surface area (Å²) in [4.78, 5) is 12.1. The quantitative estimate of drug-likeness (QED) is 0.232. The van der Waals surface area contributed by atoms with E-state index >= 15 is 0 Å². The normalized spacial score (nSPS) is 13.9. The zero-order valence-electron chi connectivity index (χ0n) is 20.1. The molecule has 0 heterocycles. The Bertz CT molecular complexity index is 510. The maximum absolute atomic E-state index is 12.1. The van der Waals surface area contributed by atoms with Crippen LogP contribution < -0.4 is 0 Å². The van der Waals surface area contributed by atoms with E-state index in [1.54, 1.807) is 0 Å². The Labute approximate surface area is 178 Å². The number of carbonyl (C=O) groups excluding carboxylic acids is 1. The van der Waals surface area contributed by atoms with Gasteiger partial charge in [-0.3, -0.25) is 0 Å². The summed E-state index contributed by atoms with van der Waals surface area (Å²) in [7, 11) is -9.62. The van der Waals surface area contributed by atoms with E-state index in [4.69, 9.17) is 16.8 Å². The maximum Gasteiger partial charge on any atom is 0.398 e. The monoisotopic (exact) mass is 464 g/mol. The Morgan fingerprint density at radius 3 is 1.75 bits per heavy atom. The third-order valence-electron chi connectivity index (χ3n) is 4.59. The van der Waals surface area contributed by atoms with Crippen LogP contribution in [0.2, 0.25) is 56.4 Å². The van der Waals surface area contributed by atoms with Crippen LogP contribution >= 0.6 is 0 Å². The Hall–Kier alpha value is -0.0425. The van der Waals surface area contributed by atoms with Gasteiger partial charge in [-0.2, -0.15) is 0 Å². The van der Waals surface area contributed by atoms with Crippen LogP contribution in [-0.2, 0) is 21.6 Å². The fourth-order valence-corrected chi connectivity index (χ4v) is 23.8. The van der Waals surface area contributed by atoms with E-state index in [0.29, 0.717) is 0 Å². The van der Waals surface area contributed by atoms with Gasteiger partial charge in [0.25, 0.3) is 0 Å². The second kappa shape index (κ2) is 10.8. The standard InChI is InChI=1S/C19H44O5Si4/c1-13-15-16-25(7,8)22-26(9,10)23-27(11,12)24-28(17(3)4,18(5)6)21-19(20)14-2/h14,17-18H,2,13,15-16H2,1,3-12H3. The van der Waals surface area contributed by atoms with Crippen molar-refractivity contribution in [3.63, 3.8) is 0 Å². The first kappa shape index (κ1) is 28.0. The molecule has 0 saturated carbocycles. The highest BCUT2D eigenvalue weighted by atomic mass is 28.5. The molecule has 0 aliphatic rings. The van der Waals surface area contributed by atoms with Gasteiger partial charge >= 0.3 is 31.7 Å². The van der Waals surface area contributed by atoms with Crippen molar-refractivity contribution >= 4 is 40.0 Å². The van der Waals surface area contributed by atoms with Crippen molar-refractivity contribution in [2.24, 2.45) is 0 Å². The molecular formula is C19H44O5Si4. The summed E-state index contributed by atoms with van der Waals surface area (Å²) in [6, 6.07) is 1.14. The van der Waals surface area contributed by atoms with Crippen LogP contribution in [0.1, 0.15) is 47.5 Å². The van der Waals surface area contributed by atoms with E-state index in [0.717, 1.165) is 6.04 Å². The molecule has 0 spiro atoms. The Morgan fingerprint density at radius 2 is 1.36 bits per heavy atom. The minimum atomic E-state index is -2.86. The van der Waals surface area contributed by atoms with Gasteiger partial charge in [0.15, 0.2) is 8.32 Å². The molecule has 0 aromatic rings. The van der Waals surface area contributed by atoms with Crippen LogP contribution in [0.4, 0.5) is 0 Å². The third kappa shape index (κ3) is 9.18. The highest BCUT2D eigenvalue weighted by molar-refractivity contribution is 6.89. The lowest BCUT2D eigenvalue weighted by Crippen LogP contribution is -2.60. The molecule has 166 valence electrons. The second-order valence-corrected chi connectivity index (χ2v) is 25.6. The summed E-state index contributed by atoms with van der Waals surface area (Å²) < 4.78 is 25.8. The fourth-order valence-electron chi connectivity index (χ4n) is 3.69. The summed E-state index contributed by atoms with van der Waals surface area (Å²) in [6.07, 6.45) is 3.59. The van der Waals surface area contributed by atoms with Crippen LogP contribution in [0.3, 0.4) is 0 Å². The fraction of sp³-hybridized carbons (Fsp3) is 0.842. The van der Waals surface area contributed by atoms with E-state index < -0.39 is 40.0 Å². The predicted molar refractivity (Wildman–Crippen MR) is 128 cm³/mol. The van der Waals surface area contributed by atoms with Gasteiger partial charge in [-0.25, -0.2) is 4.79 Å². The van der Waals surface area contributed by atoms with E-state index in [1.165, 1.54) is 18.9 Å². The third-order valence-corrected chi connectivity index (χ3v) is 21.2. The van der Waals surface area contributed by atoms with Crippen LogP contribution in [0.5, 0.6) is 0 Å². The SMILES string of the molecule is C=CC(=O)O[Si](O[Si](C)(C)O[Si](C)(C)O[Si](C)(C)CCCC)(C(C)C)C(C)C. The van der Waals surface area contributed by atoms with Gasteiger partial charge in [0.05, 0.1) is 0 Å². The lowest BCUT2D eigenvalue weighted by molar-refractivity contribution is -0.131. The van der Waals surface area contributed by atoms with Crippen molar-refractivity contribution < 1.29 is 21.6 Å². The first-order valence-electron chi connectivity index (χ1n) is 10.5. The molecule has 0 rings (SSSR count). The van der Waals surface area contributed by atoms with Gasteiger partial charge in [0.2, 0.25) is 0 Å². The number of rotatable bonds is 13. The number of carbonyl (C=O) groups is 1. The molecular weight excluding hydrogens is 421 g/mol. The molecule has 0 N–H and O–H groups in total. The molecule has 0 fully saturated rings. The van der Waals surface area contributed by atoms with Gasteiger partial charge in [-0.15, -0.1) is 0 Å². The van der Waals surface area contributed by atoms with E-state index in [2.05, 4.69) is 67.4 Å². The Morgan fingerprint density at radius 1 is 0.893 bits per heavy atom. The lowest BCUT2D eigenvalue weighted by Gasteiger charge is -2.44. The topological polar surface area (TPSA) is 54.0 Å². The molecule has 0 radical (unpaired) electrons. The average Bonchev–Trinajstić information content (AvgIpc) is 2.48. The molecule has 0 unspecified atom stereocenters. The average molecular weight is 465 g/mol. The largest absolute Gasteiger partial charge is 0.491 e. The Balaban J connectivity index is 5.52. The number of unbranched alkanes of at least 4 members (excludes halogenated alkanes) is 1. The molecule has 5 nitrogen and oxygen atoms in total. The smallest absolute Gasteiger partial charge is 0.398 e. The van der Waals surface area contributed by atoms with Crippen LogP contribution in [0.15, 0.2) is 12.7 Å². The van der Waals surface area contributed by atoms with Crippen LogP contribution in [0, 0.1) is 0 Å². The minimum Gasteiger partial charge on any atom is -0.491 e. The zero-order valence-corrected chi connectivity index (χ0v) is 24.1. The van der Waals surface area contributed by atoms with Gasteiger partial charge < -0.3 is 16.8 Å². The van der Waals surface area contributed by atoms with Crippen molar-refractivity contribution in [3.8, 4) is 0 Å². The molecule has 0 aromatic heterocycles. The summed E-state index contributed by atoms with van der Waals surface area (Å²) in [5.74, 6) is -0.417.